The summed E-state index contributed by atoms with van der Waals surface area (Å²) < 4.78 is 7.61. The zero-order valence-electron chi connectivity index (χ0n) is 14.5. The standard InChI is InChI=1S/C16H26N6O2/c1-4-5-6-12(9-23)19-15-14(8-18-16(17)20-15)24-10-13-7-11(2)21-22(13)3/h7-8,12,23H,4-6,9-10H2,1-3H3,(H3,17,18,19,20). The normalized spacial score (nSPS) is 12.2. The van der Waals surface area contributed by atoms with Crippen LogP contribution in [0.4, 0.5) is 11.8 Å². The van der Waals surface area contributed by atoms with Crippen molar-refractivity contribution in [1.82, 2.24) is 19.7 Å². The van der Waals surface area contributed by atoms with Crippen molar-refractivity contribution in [2.24, 2.45) is 7.05 Å². The van der Waals surface area contributed by atoms with Gasteiger partial charge in [0.25, 0.3) is 0 Å². The van der Waals surface area contributed by atoms with Crippen molar-refractivity contribution in [1.29, 1.82) is 0 Å². The number of nitrogen functional groups attached to an aromatic ring is 1. The van der Waals surface area contributed by atoms with E-state index in [4.69, 9.17) is 10.5 Å². The summed E-state index contributed by atoms with van der Waals surface area (Å²) in [5.74, 6) is 1.16. The molecule has 0 amide bonds. The molecule has 1 atom stereocenters. The van der Waals surface area contributed by atoms with Crippen molar-refractivity contribution in [2.45, 2.75) is 45.8 Å². The predicted molar refractivity (Wildman–Crippen MR) is 92.7 cm³/mol. The maximum Gasteiger partial charge on any atom is 0.222 e. The number of nitrogens with one attached hydrogen (secondary N) is 1. The molecule has 0 radical (unpaired) electrons. The lowest BCUT2D eigenvalue weighted by Crippen LogP contribution is -2.25. The molecule has 8 heteroatoms. The third-order valence-corrected chi connectivity index (χ3v) is 3.72. The van der Waals surface area contributed by atoms with Gasteiger partial charge in [-0.3, -0.25) is 4.68 Å². The molecule has 0 spiro atoms. The van der Waals surface area contributed by atoms with Crippen LogP contribution in [0, 0.1) is 6.92 Å². The highest BCUT2D eigenvalue weighted by atomic mass is 16.5. The summed E-state index contributed by atoms with van der Waals surface area (Å²) in [6, 6.07) is 1.86. The monoisotopic (exact) mass is 334 g/mol. The number of hydrogen-bond acceptors (Lipinski definition) is 7. The van der Waals surface area contributed by atoms with Crippen LogP contribution in [0.2, 0.25) is 0 Å². The van der Waals surface area contributed by atoms with Crippen LogP contribution >= 0.6 is 0 Å². The molecule has 0 saturated heterocycles. The minimum absolute atomic E-state index is 0.0181. The summed E-state index contributed by atoms with van der Waals surface area (Å²) in [5.41, 5.74) is 7.56. The van der Waals surface area contributed by atoms with Gasteiger partial charge in [0.15, 0.2) is 11.6 Å². The summed E-state index contributed by atoms with van der Waals surface area (Å²) in [7, 11) is 1.87. The van der Waals surface area contributed by atoms with Gasteiger partial charge >= 0.3 is 0 Å². The number of nitrogens with zero attached hydrogens (tertiary/aromatic N) is 4. The van der Waals surface area contributed by atoms with Gasteiger partial charge in [-0.05, 0) is 19.4 Å². The van der Waals surface area contributed by atoms with Gasteiger partial charge < -0.3 is 20.9 Å². The van der Waals surface area contributed by atoms with E-state index in [1.807, 2.05) is 20.0 Å². The molecule has 0 bridgehead atoms. The van der Waals surface area contributed by atoms with Crippen molar-refractivity contribution in [3.05, 3.63) is 23.7 Å². The number of aliphatic hydroxyl groups excluding tert-OH is 1. The van der Waals surface area contributed by atoms with Gasteiger partial charge in [-0.1, -0.05) is 19.8 Å². The first kappa shape index (κ1) is 18.0. The van der Waals surface area contributed by atoms with Crippen LogP contribution in [-0.2, 0) is 13.7 Å². The van der Waals surface area contributed by atoms with Gasteiger partial charge in [-0.25, -0.2) is 4.98 Å². The highest BCUT2D eigenvalue weighted by Gasteiger charge is 2.14. The molecule has 24 heavy (non-hydrogen) atoms. The molecule has 1 unspecified atom stereocenters. The summed E-state index contributed by atoms with van der Waals surface area (Å²) >= 11 is 0. The fraction of sp³-hybridized carbons (Fsp3) is 0.562. The number of nitrogens with two attached hydrogens (primary N) is 1. The van der Waals surface area contributed by atoms with Crippen LogP contribution in [0.5, 0.6) is 5.75 Å². The van der Waals surface area contributed by atoms with E-state index in [0.717, 1.165) is 30.7 Å². The Labute approximate surface area is 142 Å². The molecular formula is C16H26N6O2. The second-order valence-corrected chi connectivity index (χ2v) is 5.80. The molecule has 2 aromatic rings. The molecule has 0 aliphatic heterocycles. The van der Waals surface area contributed by atoms with E-state index in [-0.39, 0.29) is 18.6 Å². The topological polar surface area (TPSA) is 111 Å². The molecular weight excluding hydrogens is 308 g/mol. The van der Waals surface area contributed by atoms with Gasteiger partial charge in [0, 0.05) is 7.05 Å². The van der Waals surface area contributed by atoms with Gasteiger partial charge in [-0.15, -0.1) is 0 Å². The summed E-state index contributed by atoms with van der Waals surface area (Å²) in [4.78, 5) is 8.20. The van der Waals surface area contributed by atoms with Gasteiger partial charge in [0.2, 0.25) is 5.95 Å². The number of aryl methyl sites for hydroxylation is 2. The maximum atomic E-state index is 9.53. The Balaban J connectivity index is 2.10. The molecule has 8 nitrogen and oxygen atoms in total. The average molecular weight is 334 g/mol. The smallest absolute Gasteiger partial charge is 0.222 e. The Hall–Kier alpha value is -2.35. The summed E-state index contributed by atoms with van der Waals surface area (Å²) in [6.45, 7) is 4.41. The zero-order valence-corrected chi connectivity index (χ0v) is 14.5. The van der Waals surface area contributed by atoms with E-state index >= 15 is 0 Å². The Morgan fingerprint density at radius 2 is 2.25 bits per heavy atom. The van der Waals surface area contributed by atoms with E-state index in [1.54, 1.807) is 10.9 Å². The fourth-order valence-electron chi connectivity index (χ4n) is 2.40. The largest absolute Gasteiger partial charge is 0.482 e. The molecule has 0 fully saturated rings. The van der Waals surface area contributed by atoms with Crippen molar-refractivity contribution in [3.8, 4) is 5.75 Å². The lowest BCUT2D eigenvalue weighted by molar-refractivity contribution is 0.265. The molecule has 132 valence electrons. The van der Waals surface area contributed by atoms with Crippen LogP contribution in [-0.4, -0.2) is 37.5 Å². The third-order valence-electron chi connectivity index (χ3n) is 3.72. The average Bonchev–Trinajstić information content (AvgIpc) is 2.88. The van der Waals surface area contributed by atoms with E-state index in [9.17, 15) is 5.11 Å². The first-order valence-electron chi connectivity index (χ1n) is 8.15. The Morgan fingerprint density at radius 3 is 2.88 bits per heavy atom. The molecule has 4 N–H and O–H groups in total. The van der Waals surface area contributed by atoms with Crippen LogP contribution in [0.3, 0.4) is 0 Å². The highest BCUT2D eigenvalue weighted by molar-refractivity contribution is 5.51. The predicted octanol–water partition coefficient (Wildman–Crippen LogP) is 1.64. The van der Waals surface area contributed by atoms with Crippen LogP contribution in [0.15, 0.2) is 12.3 Å². The molecule has 0 saturated carbocycles. The second kappa shape index (κ2) is 8.49. The number of ether oxygens (including phenoxy) is 1. The maximum absolute atomic E-state index is 9.53. The first-order chi connectivity index (χ1) is 11.5. The minimum Gasteiger partial charge on any atom is -0.482 e. The number of aromatic nitrogens is 4. The summed E-state index contributed by atoms with van der Waals surface area (Å²) in [5, 5.41) is 17.0. The number of anilines is 2. The van der Waals surface area contributed by atoms with E-state index in [1.165, 1.54) is 0 Å². The highest BCUT2D eigenvalue weighted by Crippen LogP contribution is 2.24. The summed E-state index contributed by atoms with van der Waals surface area (Å²) in [6.07, 6.45) is 4.47. The van der Waals surface area contributed by atoms with Crippen molar-refractivity contribution in [2.75, 3.05) is 17.7 Å². The Kier molecular flexibility index (Phi) is 6.36. The molecule has 0 aliphatic carbocycles. The molecule has 2 aromatic heterocycles. The molecule has 2 heterocycles. The van der Waals surface area contributed by atoms with Crippen LogP contribution in [0.25, 0.3) is 0 Å². The SMILES string of the molecule is CCCCC(CO)Nc1nc(N)ncc1OCc1cc(C)nn1C. The van der Waals surface area contributed by atoms with E-state index in [0.29, 0.717) is 18.2 Å². The van der Waals surface area contributed by atoms with Crippen molar-refractivity contribution < 1.29 is 9.84 Å². The molecule has 2 rings (SSSR count). The molecule has 0 aliphatic rings. The number of hydrogen-bond donors (Lipinski definition) is 3. The fourth-order valence-corrected chi connectivity index (χ4v) is 2.40. The quantitative estimate of drug-likeness (QED) is 0.639. The lowest BCUT2D eigenvalue weighted by atomic mass is 10.1. The van der Waals surface area contributed by atoms with E-state index < -0.39 is 0 Å². The lowest BCUT2D eigenvalue weighted by Gasteiger charge is -2.19. The minimum atomic E-state index is -0.0967. The van der Waals surface area contributed by atoms with Gasteiger partial charge in [0.1, 0.15) is 6.61 Å². The first-order valence-corrected chi connectivity index (χ1v) is 8.15. The van der Waals surface area contributed by atoms with Crippen LogP contribution in [0.1, 0.15) is 37.6 Å². The van der Waals surface area contributed by atoms with E-state index in [2.05, 4.69) is 27.3 Å². The van der Waals surface area contributed by atoms with Gasteiger partial charge in [0.05, 0.1) is 30.2 Å². The number of aliphatic hydroxyl groups is 1. The van der Waals surface area contributed by atoms with Crippen molar-refractivity contribution >= 4 is 11.8 Å². The zero-order chi connectivity index (χ0) is 17.5. The molecule has 0 aromatic carbocycles. The third kappa shape index (κ3) is 4.82. The van der Waals surface area contributed by atoms with Crippen LogP contribution < -0.4 is 15.8 Å². The second-order valence-electron chi connectivity index (χ2n) is 5.80. The number of unbranched alkanes of at least 4 members (excludes halogenated alkanes) is 1. The number of rotatable bonds is 9. The van der Waals surface area contributed by atoms with Crippen molar-refractivity contribution in [3.63, 3.8) is 0 Å². The Morgan fingerprint density at radius 1 is 1.46 bits per heavy atom. The van der Waals surface area contributed by atoms with Gasteiger partial charge in [-0.2, -0.15) is 10.1 Å². The Bertz CT molecular complexity index is 658.